The van der Waals surface area contributed by atoms with Crippen LogP contribution in [0.3, 0.4) is 0 Å². The zero-order chi connectivity index (χ0) is 11.0. The van der Waals surface area contributed by atoms with Gasteiger partial charge in [-0.05, 0) is 19.2 Å². The second-order valence-corrected chi connectivity index (χ2v) is 4.06. The van der Waals surface area contributed by atoms with Gasteiger partial charge < -0.3 is 9.72 Å². The van der Waals surface area contributed by atoms with Crippen LogP contribution in [0.2, 0.25) is 0 Å². The lowest BCUT2D eigenvalue weighted by Gasteiger charge is -1.97. The van der Waals surface area contributed by atoms with Crippen molar-refractivity contribution in [2.45, 2.75) is 0 Å². The predicted octanol–water partition coefficient (Wildman–Crippen LogP) is 1.82. The fraction of sp³-hybridized carbons (Fsp3) is 0.250. The molecule has 0 saturated carbocycles. The highest BCUT2D eigenvalue weighted by molar-refractivity contribution is 5.88. The lowest BCUT2D eigenvalue weighted by molar-refractivity contribution is 0.190. The summed E-state index contributed by atoms with van der Waals surface area (Å²) < 4.78 is 5.54. The van der Waals surface area contributed by atoms with Gasteiger partial charge in [0.05, 0.1) is 6.54 Å². The van der Waals surface area contributed by atoms with Crippen molar-refractivity contribution in [1.82, 2.24) is 14.9 Å². The van der Waals surface area contributed by atoms with Gasteiger partial charge in [0, 0.05) is 35.1 Å². The van der Waals surface area contributed by atoms with E-state index in [-0.39, 0.29) is 0 Å². The Morgan fingerprint density at radius 3 is 3.31 bits per heavy atom. The van der Waals surface area contributed by atoms with Crippen molar-refractivity contribution in [3.8, 4) is 0 Å². The maximum atomic E-state index is 5.54. The Hall–Kier alpha value is -1.81. The van der Waals surface area contributed by atoms with Crippen molar-refractivity contribution in [2.24, 2.45) is 0 Å². The smallest absolute Gasteiger partial charge is 0.141 e. The van der Waals surface area contributed by atoms with Gasteiger partial charge in [-0.1, -0.05) is 0 Å². The third kappa shape index (κ3) is 1.57. The maximum absolute atomic E-state index is 5.54. The molecule has 16 heavy (non-hydrogen) atoms. The highest BCUT2D eigenvalue weighted by atomic mass is 16.5. The second-order valence-electron chi connectivity index (χ2n) is 4.06. The van der Waals surface area contributed by atoms with Gasteiger partial charge in [0.15, 0.2) is 0 Å². The van der Waals surface area contributed by atoms with E-state index in [4.69, 9.17) is 4.74 Å². The van der Waals surface area contributed by atoms with Crippen LogP contribution < -0.4 is 0 Å². The van der Waals surface area contributed by atoms with Crippen LogP contribution in [-0.4, -0.2) is 35.2 Å². The molecule has 0 aromatic carbocycles. The fourth-order valence-electron chi connectivity index (χ4n) is 1.91. The number of hydrogen-bond donors (Lipinski definition) is 1. The number of aromatic amines is 1. The number of hydrogen-bond acceptors (Lipinski definition) is 3. The van der Waals surface area contributed by atoms with Crippen LogP contribution >= 0.6 is 0 Å². The molecule has 3 heterocycles. The molecule has 2 aromatic rings. The molecule has 0 bridgehead atoms. The second kappa shape index (κ2) is 3.64. The van der Waals surface area contributed by atoms with Crippen LogP contribution in [-0.2, 0) is 4.74 Å². The Labute approximate surface area is 93.5 Å². The monoisotopic (exact) mass is 215 g/mol. The van der Waals surface area contributed by atoms with E-state index in [0.29, 0.717) is 6.73 Å². The van der Waals surface area contributed by atoms with E-state index in [9.17, 15) is 0 Å². The molecule has 1 N–H and O–H groups in total. The summed E-state index contributed by atoms with van der Waals surface area (Å²) in [5, 5.41) is 1.13. The van der Waals surface area contributed by atoms with Crippen LogP contribution in [0.4, 0.5) is 0 Å². The van der Waals surface area contributed by atoms with Crippen LogP contribution in [0.1, 0.15) is 5.56 Å². The highest BCUT2D eigenvalue weighted by Gasteiger charge is 2.13. The summed E-state index contributed by atoms with van der Waals surface area (Å²) >= 11 is 0. The number of ether oxygens (including phenoxy) is 1. The van der Waals surface area contributed by atoms with Crippen LogP contribution in [0.5, 0.6) is 0 Å². The van der Waals surface area contributed by atoms with E-state index in [1.165, 1.54) is 0 Å². The minimum Gasteiger partial charge on any atom is -0.481 e. The maximum Gasteiger partial charge on any atom is 0.141 e. The largest absolute Gasteiger partial charge is 0.481 e. The number of aromatic nitrogens is 2. The average molecular weight is 215 g/mol. The summed E-state index contributed by atoms with van der Waals surface area (Å²) in [4.78, 5) is 9.48. The molecule has 3 rings (SSSR count). The Morgan fingerprint density at radius 2 is 2.50 bits per heavy atom. The van der Waals surface area contributed by atoms with Crippen molar-refractivity contribution in [2.75, 3.05) is 20.3 Å². The van der Waals surface area contributed by atoms with Gasteiger partial charge in [-0.25, -0.2) is 0 Å². The van der Waals surface area contributed by atoms with Crippen LogP contribution in [0.15, 0.2) is 30.4 Å². The number of fused-ring (bicyclic) bond motifs is 1. The molecule has 0 unspecified atom stereocenters. The van der Waals surface area contributed by atoms with E-state index in [1.807, 2.05) is 25.5 Å². The minimum atomic E-state index is 0.673. The van der Waals surface area contributed by atoms with Gasteiger partial charge in [-0.3, -0.25) is 9.88 Å². The highest BCUT2D eigenvalue weighted by Crippen LogP contribution is 2.21. The summed E-state index contributed by atoms with van der Waals surface area (Å²) in [6.07, 6.45) is 7.72. The lowest BCUT2D eigenvalue weighted by atomic mass is 10.2. The molecule has 82 valence electrons. The summed E-state index contributed by atoms with van der Waals surface area (Å²) in [7, 11) is 2.04. The summed E-state index contributed by atoms with van der Waals surface area (Å²) in [6.45, 7) is 1.54. The van der Waals surface area contributed by atoms with Crippen molar-refractivity contribution < 1.29 is 4.74 Å². The van der Waals surface area contributed by atoms with Crippen LogP contribution in [0.25, 0.3) is 17.0 Å². The van der Waals surface area contributed by atoms with E-state index >= 15 is 0 Å². The average Bonchev–Trinajstić information content (AvgIpc) is 2.87. The Kier molecular flexibility index (Phi) is 2.15. The van der Waals surface area contributed by atoms with Gasteiger partial charge in [0.1, 0.15) is 12.5 Å². The number of nitrogens with one attached hydrogen (secondary N) is 1. The molecule has 1 saturated heterocycles. The molecule has 0 amide bonds. The molecule has 0 aliphatic carbocycles. The topological polar surface area (TPSA) is 41.1 Å². The zero-order valence-corrected chi connectivity index (χ0v) is 9.10. The normalized spacial score (nSPS) is 19.4. The first-order chi connectivity index (χ1) is 7.83. The molecule has 4 nitrogen and oxygen atoms in total. The first-order valence-corrected chi connectivity index (χ1v) is 5.26. The number of nitrogens with zero attached hydrogens (tertiary/aromatic N) is 2. The molecule has 2 aromatic heterocycles. The SMILES string of the molecule is CN1CO/C(=C\c2c[nH]c3ccncc23)C1. The van der Waals surface area contributed by atoms with Crippen LogP contribution in [0, 0.1) is 0 Å². The van der Waals surface area contributed by atoms with E-state index in [2.05, 4.69) is 20.9 Å². The molecule has 0 radical (unpaired) electrons. The molecular weight excluding hydrogens is 202 g/mol. The molecule has 1 fully saturated rings. The van der Waals surface area contributed by atoms with Gasteiger partial charge >= 0.3 is 0 Å². The molecule has 1 aliphatic rings. The molecule has 0 atom stereocenters. The van der Waals surface area contributed by atoms with Gasteiger partial charge in [0.2, 0.25) is 0 Å². The summed E-state index contributed by atoms with van der Waals surface area (Å²) in [6, 6.07) is 1.97. The van der Waals surface area contributed by atoms with Crippen molar-refractivity contribution in [3.05, 3.63) is 36.0 Å². The van der Waals surface area contributed by atoms with Gasteiger partial charge in [0.25, 0.3) is 0 Å². The third-order valence-corrected chi connectivity index (χ3v) is 2.73. The van der Waals surface area contributed by atoms with Crippen molar-refractivity contribution in [3.63, 3.8) is 0 Å². The first kappa shape index (κ1) is 9.42. The zero-order valence-electron chi connectivity index (χ0n) is 9.10. The van der Waals surface area contributed by atoms with E-state index in [0.717, 1.165) is 28.8 Å². The first-order valence-electron chi connectivity index (χ1n) is 5.26. The van der Waals surface area contributed by atoms with Gasteiger partial charge in [-0.15, -0.1) is 0 Å². The molecule has 4 heteroatoms. The molecule has 1 aliphatic heterocycles. The lowest BCUT2D eigenvalue weighted by Crippen LogP contribution is -2.11. The standard InChI is InChI=1S/C12H13N3O/c1-15-7-10(16-8-15)4-9-5-14-12-2-3-13-6-11(9)12/h2-6,14H,7-8H2,1H3/b10-4-. The fourth-order valence-corrected chi connectivity index (χ4v) is 1.91. The Bertz CT molecular complexity index is 544. The molecular formula is C12H13N3O. The quantitative estimate of drug-likeness (QED) is 0.789. The Balaban J connectivity index is 2.01. The summed E-state index contributed by atoms with van der Waals surface area (Å²) in [5.41, 5.74) is 2.24. The minimum absolute atomic E-state index is 0.673. The third-order valence-electron chi connectivity index (χ3n) is 2.73. The van der Waals surface area contributed by atoms with E-state index < -0.39 is 0 Å². The van der Waals surface area contributed by atoms with Crippen molar-refractivity contribution in [1.29, 1.82) is 0 Å². The number of H-pyrrole nitrogens is 1. The number of rotatable bonds is 1. The Morgan fingerprint density at radius 1 is 1.56 bits per heavy atom. The van der Waals surface area contributed by atoms with Gasteiger partial charge in [-0.2, -0.15) is 0 Å². The van der Waals surface area contributed by atoms with Crippen molar-refractivity contribution >= 4 is 17.0 Å². The summed E-state index contributed by atoms with van der Waals surface area (Å²) in [5.74, 6) is 1.01. The molecule has 0 spiro atoms. The number of pyridine rings is 1. The van der Waals surface area contributed by atoms with E-state index in [1.54, 1.807) is 6.20 Å². The predicted molar refractivity (Wildman–Crippen MR) is 62.7 cm³/mol. The number of likely N-dealkylation sites (N-methyl/N-ethyl adjacent to an activating group) is 1.